The first-order chi connectivity index (χ1) is 14.5. The number of aliphatic imine (C=N–C) groups is 1. The number of fused-ring (bicyclic) bond motifs is 1. The number of hydrazone groups is 1. The van der Waals surface area contributed by atoms with Crippen molar-refractivity contribution in [3.8, 4) is 17.2 Å². The number of nitrogens with one attached hydrogen (secondary N) is 1. The molecule has 0 aromatic heterocycles. The van der Waals surface area contributed by atoms with Crippen LogP contribution in [0.3, 0.4) is 0 Å². The average Bonchev–Trinajstić information content (AvgIpc) is 3.15. The van der Waals surface area contributed by atoms with Gasteiger partial charge in [0.05, 0.1) is 42.7 Å². The van der Waals surface area contributed by atoms with Crippen LogP contribution in [-0.4, -0.2) is 37.1 Å². The minimum atomic E-state index is -0.212. The second kappa shape index (κ2) is 9.98. The number of benzene rings is 2. The molecule has 0 bridgehead atoms. The summed E-state index contributed by atoms with van der Waals surface area (Å²) >= 11 is 1.41. The van der Waals surface area contributed by atoms with E-state index in [1.54, 1.807) is 19.1 Å². The van der Waals surface area contributed by atoms with Crippen molar-refractivity contribution >= 4 is 34.6 Å². The number of rotatable bonds is 8. The van der Waals surface area contributed by atoms with E-state index >= 15 is 0 Å². The van der Waals surface area contributed by atoms with E-state index in [0.29, 0.717) is 28.6 Å². The topological polar surface area (TPSA) is 81.5 Å². The van der Waals surface area contributed by atoms with Gasteiger partial charge >= 0.3 is 0 Å². The summed E-state index contributed by atoms with van der Waals surface area (Å²) in [6, 6.07) is 11.4. The highest BCUT2D eigenvalue weighted by atomic mass is 32.2. The van der Waals surface area contributed by atoms with E-state index < -0.39 is 0 Å². The Bertz CT molecular complexity index is 992. The van der Waals surface area contributed by atoms with Crippen molar-refractivity contribution in [3.63, 3.8) is 0 Å². The van der Waals surface area contributed by atoms with Gasteiger partial charge in [-0.05, 0) is 30.7 Å². The normalized spacial score (nSPS) is 12.3. The van der Waals surface area contributed by atoms with Crippen LogP contribution in [0.4, 0.5) is 5.69 Å². The molecule has 8 heteroatoms. The number of para-hydroxylation sites is 1. The van der Waals surface area contributed by atoms with Crippen LogP contribution in [0.15, 0.2) is 58.8 Å². The Morgan fingerprint density at radius 3 is 2.60 bits per heavy atom. The zero-order valence-corrected chi connectivity index (χ0v) is 17.9. The molecule has 2 aromatic carbocycles. The highest BCUT2D eigenvalue weighted by molar-refractivity contribution is 8.14. The number of methoxy groups -OCH3 is 2. The van der Waals surface area contributed by atoms with Gasteiger partial charge in [-0.1, -0.05) is 24.8 Å². The van der Waals surface area contributed by atoms with Crippen LogP contribution in [0, 0.1) is 0 Å². The summed E-state index contributed by atoms with van der Waals surface area (Å²) in [6.07, 6.45) is 2.27. The Hall–Kier alpha value is -3.26. The molecule has 0 spiro atoms. The molecule has 7 nitrogen and oxygen atoms in total. The minimum absolute atomic E-state index is 0.212. The number of nitrogens with zero attached hydrogens (tertiary/aromatic N) is 2. The molecule has 0 fully saturated rings. The summed E-state index contributed by atoms with van der Waals surface area (Å²) in [5, 5.41) is 4.95. The molecule has 0 saturated heterocycles. The third-order valence-corrected chi connectivity index (χ3v) is 5.09. The molecule has 1 aliphatic heterocycles. The largest absolute Gasteiger partial charge is 0.493 e. The molecule has 0 radical (unpaired) electrons. The molecule has 0 saturated carbocycles. The summed E-state index contributed by atoms with van der Waals surface area (Å²) in [5.74, 6) is 1.91. The van der Waals surface area contributed by atoms with Gasteiger partial charge in [0.25, 0.3) is 0 Å². The predicted molar refractivity (Wildman–Crippen MR) is 120 cm³/mol. The standard InChI is InChI=1S/C22H23N3O4S/c1-14(2)29-22-18(27-3)9-15(10-19(22)28-4)12-23-25-20(26)13-30-21-11-16-7-5-6-8-17(16)24-21/h5-10,12H,1,11,13H2,2-4H3,(H,25,26)/b23-12+. The summed E-state index contributed by atoms with van der Waals surface area (Å²) < 4.78 is 16.3. The quantitative estimate of drug-likeness (QED) is 0.391. The monoisotopic (exact) mass is 425 g/mol. The van der Waals surface area contributed by atoms with Gasteiger partial charge in [-0.2, -0.15) is 5.10 Å². The third kappa shape index (κ3) is 5.42. The summed E-state index contributed by atoms with van der Waals surface area (Å²) in [6.45, 7) is 5.47. The summed E-state index contributed by atoms with van der Waals surface area (Å²) in [5.41, 5.74) is 5.36. The number of allylic oxidation sites excluding steroid dienone is 1. The number of amides is 1. The molecule has 30 heavy (non-hydrogen) atoms. The SMILES string of the molecule is C=C(C)Oc1c(OC)cc(/C=N/NC(=O)CSC2=Nc3ccccc3C2)cc1OC. The number of thioether (sulfide) groups is 1. The molecular formula is C22H23N3O4S. The van der Waals surface area contributed by atoms with Crippen molar-refractivity contribution < 1.29 is 19.0 Å². The van der Waals surface area contributed by atoms with Crippen molar-refractivity contribution in [2.75, 3.05) is 20.0 Å². The molecular weight excluding hydrogens is 402 g/mol. The van der Waals surface area contributed by atoms with Gasteiger partial charge in [-0.3, -0.25) is 4.79 Å². The second-order valence-electron chi connectivity index (χ2n) is 6.45. The highest BCUT2D eigenvalue weighted by Gasteiger charge is 2.16. The van der Waals surface area contributed by atoms with Crippen LogP contribution in [0.1, 0.15) is 18.1 Å². The van der Waals surface area contributed by atoms with Crippen molar-refractivity contribution in [3.05, 3.63) is 59.9 Å². The number of hydrogen-bond acceptors (Lipinski definition) is 7. The zero-order chi connectivity index (χ0) is 21.5. The lowest BCUT2D eigenvalue weighted by atomic mass is 10.2. The van der Waals surface area contributed by atoms with Crippen LogP contribution in [0.25, 0.3) is 0 Å². The minimum Gasteiger partial charge on any atom is -0.493 e. The fraction of sp³-hybridized carbons (Fsp3) is 0.227. The van der Waals surface area contributed by atoms with E-state index in [-0.39, 0.29) is 11.7 Å². The Labute approximate surface area is 179 Å². The number of hydrogen-bond donors (Lipinski definition) is 1. The molecule has 1 N–H and O–H groups in total. The van der Waals surface area contributed by atoms with Crippen molar-refractivity contribution in [2.45, 2.75) is 13.3 Å². The van der Waals surface area contributed by atoms with Gasteiger partial charge in [-0.25, -0.2) is 10.4 Å². The van der Waals surface area contributed by atoms with E-state index in [2.05, 4.69) is 22.1 Å². The van der Waals surface area contributed by atoms with E-state index in [4.69, 9.17) is 14.2 Å². The first-order valence-electron chi connectivity index (χ1n) is 9.19. The predicted octanol–water partition coefficient (Wildman–Crippen LogP) is 4.09. The van der Waals surface area contributed by atoms with Crippen molar-refractivity contribution in [1.82, 2.24) is 5.43 Å². The smallest absolute Gasteiger partial charge is 0.250 e. The zero-order valence-electron chi connectivity index (χ0n) is 17.1. The number of carbonyl (C=O) groups excluding carboxylic acids is 1. The Kier molecular flexibility index (Phi) is 7.13. The van der Waals surface area contributed by atoms with Crippen LogP contribution in [0.5, 0.6) is 17.2 Å². The van der Waals surface area contributed by atoms with Crippen LogP contribution in [-0.2, 0) is 11.2 Å². The molecule has 0 unspecified atom stereocenters. The first-order valence-corrected chi connectivity index (χ1v) is 10.2. The molecule has 1 amide bonds. The Morgan fingerprint density at radius 1 is 1.27 bits per heavy atom. The lowest BCUT2D eigenvalue weighted by molar-refractivity contribution is -0.118. The maximum atomic E-state index is 12.1. The van der Waals surface area contributed by atoms with Crippen LogP contribution in [0.2, 0.25) is 0 Å². The van der Waals surface area contributed by atoms with Gasteiger partial charge in [-0.15, -0.1) is 11.8 Å². The van der Waals surface area contributed by atoms with Crippen molar-refractivity contribution in [2.24, 2.45) is 10.1 Å². The maximum Gasteiger partial charge on any atom is 0.250 e. The first kappa shape index (κ1) is 21.4. The summed E-state index contributed by atoms with van der Waals surface area (Å²) in [7, 11) is 3.06. The van der Waals surface area contributed by atoms with Gasteiger partial charge in [0.15, 0.2) is 11.5 Å². The number of carbonyl (C=O) groups is 1. The maximum absolute atomic E-state index is 12.1. The second-order valence-corrected chi connectivity index (χ2v) is 7.50. The fourth-order valence-electron chi connectivity index (χ4n) is 2.80. The van der Waals surface area contributed by atoms with Crippen molar-refractivity contribution in [1.29, 1.82) is 0 Å². The third-order valence-electron chi connectivity index (χ3n) is 4.11. The van der Waals surface area contributed by atoms with Crippen LogP contribution >= 0.6 is 11.8 Å². The fourth-order valence-corrected chi connectivity index (χ4v) is 3.58. The van der Waals surface area contributed by atoms with E-state index in [9.17, 15) is 4.79 Å². The molecule has 1 aliphatic rings. The van der Waals surface area contributed by atoms with E-state index in [0.717, 1.165) is 17.2 Å². The van der Waals surface area contributed by atoms with Gasteiger partial charge in [0, 0.05) is 12.0 Å². The average molecular weight is 426 g/mol. The molecule has 156 valence electrons. The van der Waals surface area contributed by atoms with Gasteiger partial charge in [0.2, 0.25) is 11.7 Å². The number of ether oxygens (including phenoxy) is 3. The Morgan fingerprint density at radius 2 is 1.97 bits per heavy atom. The molecule has 0 atom stereocenters. The molecule has 2 aromatic rings. The van der Waals surface area contributed by atoms with Crippen LogP contribution < -0.4 is 19.6 Å². The molecule has 0 aliphatic carbocycles. The van der Waals surface area contributed by atoms with E-state index in [1.807, 2.05) is 24.3 Å². The highest BCUT2D eigenvalue weighted by Crippen LogP contribution is 2.39. The Balaban J connectivity index is 1.57. The molecule has 1 heterocycles. The summed E-state index contributed by atoms with van der Waals surface area (Å²) in [4.78, 5) is 16.6. The molecule has 3 rings (SSSR count). The van der Waals surface area contributed by atoms with Gasteiger partial charge < -0.3 is 14.2 Å². The van der Waals surface area contributed by atoms with E-state index in [1.165, 1.54) is 37.8 Å². The lowest BCUT2D eigenvalue weighted by Gasteiger charge is -2.14. The van der Waals surface area contributed by atoms with Gasteiger partial charge in [0.1, 0.15) is 0 Å². The lowest BCUT2D eigenvalue weighted by Crippen LogP contribution is -2.20.